The normalized spacial score (nSPS) is 9.89. The predicted molar refractivity (Wildman–Crippen MR) is 65.1 cm³/mol. The highest BCUT2D eigenvalue weighted by atomic mass is 16.5. The van der Waals surface area contributed by atoms with Gasteiger partial charge in [0.15, 0.2) is 6.61 Å². The van der Waals surface area contributed by atoms with E-state index < -0.39 is 11.9 Å². The van der Waals surface area contributed by atoms with Crippen molar-refractivity contribution in [3.8, 4) is 0 Å². The van der Waals surface area contributed by atoms with Crippen molar-refractivity contribution in [1.29, 1.82) is 0 Å². The van der Waals surface area contributed by atoms with Crippen LogP contribution < -0.4 is 5.32 Å². The first-order valence-electron chi connectivity index (χ1n) is 5.63. The number of nitrogens with zero attached hydrogens (tertiary/aromatic N) is 1. The molecule has 0 aromatic carbocycles. The van der Waals surface area contributed by atoms with E-state index in [4.69, 9.17) is 9.15 Å². The number of ether oxygens (including phenoxy) is 1. The third kappa shape index (κ3) is 3.95. The van der Waals surface area contributed by atoms with Crippen LogP contribution in [-0.4, -0.2) is 23.5 Å². The molecule has 1 amide bonds. The Bertz CT molecular complexity index is 537. The summed E-state index contributed by atoms with van der Waals surface area (Å²) < 4.78 is 9.86. The van der Waals surface area contributed by atoms with Gasteiger partial charge < -0.3 is 14.5 Å². The summed E-state index contributed by atoms with van der Waals surface area (Å²) in [5.74, 6) is -0.404. The molecular weight excluding hydrogens is 248 g/mol. The lowest BCUT2D eigenvalue weighted by atomic mass is 10.3. The van der Waals surface area contributed by atoms with Crippen LogP contribution in [0.2, 0.25) is 0 Å². The van der Waals surface area contributed by atoms with Crippen molar-refractivity contribution < 1.29 is 18.7 Å². The van der Waals surface area contributed by atoms with Gasteiger partial charge in [0.2, 0.25) is 0 Å². The molecule has 2 aromatic rings. The molecule has 2 heterocycles. The molecular formula is C13H12N2O4. The first-order chi connectivity index (χ1) is 9.25. The second-order valence-electron chi connectivity index (χ2n) is 3.65. The molecule has 2 rings (SSSR count). The van der Waals surface area contributed by atoms with Gasteiger partial charge in [-0.1, -0.05) is 6.07 Å². The Morgan fingerprint density at radius 1 is 1.26 bits per heavy atom. The maximum absolute atomic E-state index is 11.5. The Morgan fingerprint density at radius 2 is 2.16 bits per heavy atom. The first-order valence-corrected chi connectivity index (χ1v) is 5.63. The first kappa shape index (κ1) is 12.8. The fourth-order valence-electron chi connectivity index (χ4n) is 1.34. The average molecular weight is 260 g/mol. The maximum Gasteiger partial charge on any atom is 0.357 e. The van der Waals surface area contributed by atoms with Gasteiger partial charge in [0.1, 0.15) is 11.5 Å². The zero-order valence-corrected chi connectivity index (χ0v) is 10.0. The maximum atomic E-state index is 11.5. The molecule has 0 bridgehead atoms. The summed E-state index contributed by atoms with van der Waals surface area (Å²) in [6.07, 6.45) is 3.00. The van der Waals surface area contributed by atoms with E-state index in [9.17, 15) is 9.59 Å². The largest absolute Gasteiger partial charge is 0.467 e. The molecule has 2 aromatic heterocycles. The third-order valence-electron chi connectivity index (χ3n) is 2.25. The van der Waals surface area contributed by atoms with E-state index in [1.807, 2.05) is 0 Å². The second-order valence-corrected chi connectivity index (χ2v) is 3.65. The van der Waals surface area contributed by atoms with Crippen molar-refractivity contribution in [3.63, 3.8) is 0 Å². The summed E-state index contributed by atoms with van der Waals surface area (Å²) in [6, 6.07) is 8.33. The lowest BCUT2D eigenvalue weighted by Gasteiger charge is -2.04. The van der Waals surface area contributed by atoms with Crippen molar-refractivity contribution in [3.05, 3.63) is 54.2 Å². The van der Waals surface area contributed by atoms with Gasteiger partial charge in [-0.3, -0.25) is 4.79 Å². The Balaban J connectivity index is 1.73. The van der Waals surface area contributed by atoms with Crippen molar-refractivity contribution >= 4 is 11.9 Å². The van der Waals surface area contributed by atoms with E-state index in [-0.39, 0.29) is 18.8 Å². The number of carbonyl (C=O) groups is 2. The molecule has 1 N–H and O–H groups in total. The van der Waals surface area contributed by atoms with Gasteiger partial charge in [-0.25, -0.2) is 9.78 Å². The molecule has 6 heteroatoms. The monoisotopic (exact) mass is 260 g/mol. The van der Waals surface area contributed by atoms with E-state index in [1.54, 1.807) is 24.3 Å². The zero-order chi connectivity index (χ0) is 13.5. The van der Waals surface area contributed by atoms with E-state index in [0.717, 1.165) is 0 Å². The summed E-state index contributed by atoms with van der Waals surface area (Å²) in [6.45, 7) is -0.0942. The number of aromatic nitrogens is 1. The number of nitrogens with one attached hydrogen (secondary N) is 1. The van der Waals surface area contributed by atoms with Crippen molar-refractivity contribution in [2.45, 2.75) is 6.54 Å². The molecule has 0 aliphatic carbocycles. The van der Waals surface area contributed by atoms with Gasteiger partial charge in [-0.05, 0) is 24.3 Å². The van der Waals surface area contributed by atoms with Crippen molar-refractivity contribution in [1.82, 2.24) is 10.3 Å². The van der Waals surface area contributed by atoms with Crippen LogP contribution in [-0.2, 0) is 16.1 Å². The lowest BCUT2D eigenvalue weighted by Crippen LogP contribution is -2.28. The fourth-order valence-corrected chi connectivity index (χ4v) is 1.34. The molecule has 0 saturated heterocycles. The zero-order valence-electron chi connectivity index (χ0n) is 10.0. The number of pyridine rings is 1. The van der Waals surface area contributed by atoms with E-state index >= 15 is 0 Å². The van der Waals surface area contributed by atoms with Gasteiger partial charge >= 0.3 is 5.97 Å². The molecule has 0 unspecified atom stereocenters. The summed E-state index contributed by atoms with van der Waals surface area (Å²) >= 11 is 0. The molecule has 6 nitrogen and oxygen atoms in total. The minimum absolute atomic E-state index is 0.168. The molecule has 0 radical (unpaired) electrons. The van der Waals surface area contributed by atoms with Crippen LogP contribution in [0.15, 0.2) is 47.2 Å². The molecule has 0 fully saturated rings. The average Bonchev–Trinajstić information content (AvgIpc) is 2.96. The summed E-state index contributed by atoms with van der Waals surface area (Å²) in [5.41, 5.74) is 0.168. The second kappa shape index (κ2) is 6.34. The van der Waals surface area contributed by atoms with Crippen LogP contribution in [0, 0.1) is 0 Å². The molecule has 98 valence electrons. The summed E-state index contributed by atoms with van der Waals surface area (Å²) in [4.78, 5) is 26.7. The number of rotatable bonds is 5. The van der Waals surface area contributed by atoms with Crippen LogP contribution >= 0.6 is 0 Å². The van der Waals surface area contributed by atoms with Crippen molar-refractivity contribution in [2.24, 2.45) is 0 Å². The number of furan rings is 1. The Labute approximate surface area is 109 Å². The highest BCUT2D eigenvalue weighted by molar-refractivity contribution is 5.89. The third-order valence-corrected chi connectivity index (χ3v) is 2.25. The molecule has 0 aliphatic rings. The van der Waals surface area contributed by atoms with Gasteiger partial charge in [0.05, 0.1) is 12.8 Å². The number of hydrogen-bond acceptors (Lipinski definition) is 5. The number of esters is 1. The molecule has 0 aliphatic heterocycles. The van der Waals surface area contributed by atoms with Crippen LogP contribution in [0.3, 0.4) is 0 Å². The van der Waals surface area contributed by atoms with Crippen LogP contribution in [0.1, 0.15) is 16.2 Å². The minimum Gasteiger partial charge on any atom is -0.467 e. The van der Waals surface area contributed by atoms with E-state index in [1.165, 1.54) is 18.5 Å². The van der Waals surface area contributed by atoms with Crippen LogP contribution in [0.4, 0.5) is 0 Å². The topological polar surface area (TPSA) is 81.4 Å². The Kier molecular flexibility index (Phi) is 4.28. The predicted octanol–water partition coefficient (Wildman–Crippen LogP) is 1.15. The minimum atomic E-state index is -0.631. The van der Waals surface area contributed by atoms with Gasteiger partial charge in [0.25, 0.3) is 5.91 Å². The van der Waals surface area contributed by atoms with Gasteiger partial charge in [-0.2, -0.15) is 0 Å². The Hall–Kier alpha value is -2.63. The quantitative estimate of drug-likeness (QED) is 0.815. The fraction of sp³-hybridized carbons (Fsp3) is 0.154. The molecule has 0 saturated carbocycles. The lowest BCUT2D eigenvalue weighted by molar-refractivity contribution is -0.124. The Morgan fingerprint density at radius 3 is 2.84 bits per heavy atom. The van der Waals surface area contributed by atoms with Gasteiger partial charge in [0, 0.05) is 6.20 Å². The number of carbonyl (C=O) groups excluding carboxylic acids is 2. The van der Waals surface area contributed by atoms with E-state index in [0.29, 0.717) is 5.76 Å². The van der Waals surface area contributed by atoms with E-state index in [2.05, 4.69) is 10.3 Å². The smallest absolute Gasteiger partial charge is 0.357 e. The highest BCUT2D eigenvalue weighted by Gasteiger charge is 2.10. The summed E-state index contributed by atoms with van der Waals surface area (Å²) in [5, 5.41) is 2.56. The van der Waals surface area contributed by atoms with Crippen LogP contribution in [0.25, 0.3) is 0 Å². The number of hydrogen-bond donors (Lipinski definition) is 1. The molecule has 19 heavy (non-hydrogen) atoms. The standard InChI is InChI=1S/C13H12N2O4/c16-12(15-8-10-4-3-7-18-10)9-19-13(17)11-5-1-2-6-14-11/h1-7H,8-9H2,(H,15,16). The van der Waals surface area contributed by atoms with Gasteiger partial charge in [-0.15, -0.1) is 0 Å². The SMILES string of the molecule is O=C(COC(=O)c1ccccn1)NCc1ccco1. The molecule has 0 spiro atoms. The van der Waals surface area contributed by atoms with Crippen LogP contribution in [0.5, 0.6) is 0 Å². The highest BCUT2D eigenvalue weighted by Crippen LogP contribution is 1.99. The molecule has 0 atom stereocenters. The summed E-state index contributed by atoms with van der Waals surface area (Å²) in [7, 11) is 0. The van der Waals surface area contributed by atoms with Crippen molar-refractivity contribution in [2.75, 3.05) is 6.61 Å². The number of amides is 1.